The summed E-state index contributed by atoms with van der Waals surface area (Å²) in [5.41, 5.74) is 2.51. The number of aliphatic hydroxyl groups excluding tert-OH is 1. The monoisotopic (exact) mass is 260 g/mol. The van der Waals surface area contributed by atoms with Crippen LogP contribution in [0.5, 0.6) is 11.5 Å². The normalized spacial score (nSPS) is 18.8. The zero-order valence-corrected chi connectivity index (χ0v) is 10.9. The van der Waals surface area contributed by atoms with Gasteiger partial charge in [-0.3, -0.25) is 0 Å². The molecule has 1 aromatic heterocycles. The standard InChI is InChI=1S/C15H16O4/c1-9-5-11-6-14(17-2)12(7-13(11)19-9)15(16)10-3-4-18-8-10/h3-4,6-9,15-16H,5H2,1-2H3. The lowest BCUT2D eigenvalue weighted by Crippen LogP contribution is -2.05. The number of methoxy groups -OCH3 is 1. The third kappa shape index (κ3) is 2.08. The van der Waals surface area contributed by atoms with Gasteiger partial charge in [-0.2, -0.15) is 0 Å². The average molecular weight is 260 g/mol. The van der Waals surface area contributed by atoms with E-state index in [4.69, 9.17) is 13.9 Å². The van der Waals surface area contributed by atoms with Crippen molar-refractivity contribution in [2.75, 3.05) is 7.11 Å². The van der Waals surface area contributed by atoms with E-state index in [1.807, 2.05) is 19.1 Å². The molecule has 1 aliphatic rings. The summed E-state index contributed by atoms with van der Waals surface area (Å²) in [6.45, 7) is 2.03. The molecular weight excluding hydrogens is 244 g/mol. The van der Waals surface area contributed by atoms with E-state index in [1.54, 1.807) is 13.2 Å². The minimum atomic E-state index is -0.779. The summed E-state index contributed by atoms with van der Waals surface area (Å²) < 4.78 is 16.1. The second-order valence-electron chi connectivity index (χ2n) is 4.79. The van der Waals surface area contributed by atoms with Crippen LogP contribution in [0.2, 0.25) is 0 Å². The summed E-state index contributed by atoms with van der Waals surface area (Å²) >= 11 is 0. The Hall–Kier alpha value is -1.94. The smallest absolute Gasteiger partial charge is 0.125 e. The molecule has 0 radical (unpaired) electrons. The van der Waals surface area contributed by atoms with E-state index >= 15 is 0 Å². The summed E-state index contributed by atoms with van der Waals surface area (Å²) in [7, 11) is 1.60. The van der Waals surface area contributed by atoms with Crippen LogP contribution >= 0.6 is 0 Å². The molecule has 0 amide bonds. The van der Waals surface area contributed by atoms with E-state index in [-0.39, 0.29) is 6.10 Å². The van der Waals surface area contributed by atoms with Gasteiger partial charge in [0.25, 0.3) is 0 Å². The predicted octanol–water partition coefficient (Wildman–Crippen LogP) is 2.69. The number of rotatable bonds is 3. The average Bonchev–Trinajstić information content (AvgIpc) is 3.03. The van der Waals surface area contributed by atoms with Gasteiger partial charge in [0.1, 0.15) is 23.7 Å². The molecule has 2 heterocycles. The van der Waals surface area contributed by atoms with Crippen LogP contribution in [0.4, 0.5) is 0 Å². The molecule has 1 N–H and O–H groups in total. The lowest BCUT2D eigenvalue weighted by molar-refractivity contribution is 0.212. The highest BCUT2D eigenvalue weighted by Crippen LogP contribution is 2.39. The van der Waals surface area contributed by atoms with Crippen LogP contribution < -0.4 is 9.47 Å². The first-order chi connectivity index (χ1) is 9.19. The molecule has 100 valence electrons. The van der Waals surface area contributed by atoms with Gasteiger partial charge in [-0.05, 0) is 25.1 Å². The molecule has 1 aliphatic heterocycles. The molecule has 0 spiro atoms. The van der Waals surface area contributed by atoms with E-state index < -0.39 is 6.10 Å². The maximum atomic E-state index is 10.4. The highest BCUT2D eigenvalue weighted by Gasteiger charge is 2.25. The molecule has 1 aromatic carbocycles. The van der Waals surface area contributed by atoms with Crippen molar-refractivity contribution < 1.29 is 19.0 Å². The summed E-state index contributed by atoms with van der Waals surface area (Å²) in [5, 5.41) is 10.4. The third-order valence-corrected chi connectivity index (χ3v) is 3.40. The molecule has 0 saturated carbocycles. The molecule has 0 bridgehead atoms. The Kier molecular flexibility index (Phi) is 2.95. The Labute approximate surface area is 111 Å². The highest BCUT2D eigenvalue weighted by molar-refractivity contribution is 5.51. The zero-order chi connectivity index (χ0) is 13.4. The fourth-order valence-corrected chi connectivity index (χ4v) is 2.46. The zero-order valence-electron chi connectivity index (χ0n) is 10.9. The van der Waals surface area contributed by atoms with Crippen LogP contribution in [0.15, 0.2) is 35.1 Å². The molecule has 2 aromatic rings. The number of benzene rings is 1. The Bertz CT molecular complexity index is 574. The Balaban J connectivity index is 2.04. The van der Waals surface area contributed by atoms with Crippen LogP contribution in [0, 0.1) is 0 Å². The fourth-order valence-electron chi connectivity index (χ4n) is 2.46. The molecule has 2 atom stereocenters. The van der Waals surface area contributed by atoms with Crippen molar-refractivity contribution in [1.82, 2.24) is 0 Å². The van der Waals surface area contributed by atoms with Gasteiger partial charge in [-0.15, -0.1) is 0 Å². The van der Waals surface area contributed by atoms with Crippen LogP contribution in [0.3, 0.4) is 0 Å². The van der Waals surface area contributed by atoms with Crippen LogP contribution in [-0.2, 0) is 6.42 Å². The molecule has 4 nitrogen and oxygen atoms in total. The summed E-state index contributed by atoms with van der Waals surface area (Å²) in [6, 6.07) is 5.54. The van der Waals surface area contributed by atoms with Crippen LogP contribution in [0.1, 0.15) is 29.7 Å². The molecule has 3 rings (SSSR count). The molecule has 0 aliphatic carbocycles. The Morgan fingerprint density at radius 1 is 1.42 bits per heavy atom. The van der Waals surface area contributed by atoms with Crippen molar-refractivity contribution in [3.63, 3.8) is 0 Å². The Morgan fingerprint density at radius 2 is 2.26 bits per heavy atom. The second kappa shape index (κ2) is 4.63. The van der Waals surface area contributed by atoms with Gasteiger partial charge in [-0.25, -0.2) is 0 Å². The molecule has 2 unspecified atom stereocenters. The molecule has 4 heteroatoms. The number of ether oxygens (including phenoxy) is 2. The SMILES string of the molecule is COc1cc2c(cc1C(O)c1ccoc1)OC(C)C2. The number of aliphatic hydroxyl groups is 1. The van der Waals surface area contributed by atoms with Gasteiger partial charge in [0.05, 0.1) is 19.6 Å². The first-order valence-corrected chi connectivity index (χ1v) is 6.26. The van der Waals surface area contributed by atoms with Gasteiger partial charge in [-0.1, -0.05) is 0 Å². The van der Waals surface area contributed by atoms with Crippen molar-refractivity contribution >= 4 is 0 Å². The van der Waals surface area contributed by atoms with E-state index in [0.717, 1.165) is 17.7 Å². The fraction of sp³-hybridized carbons (Fsp3) is 0.333. The minimum absolute atomic E-state index is 0.168. The summed E-state index contributed by atoms with van der Waals surface area (Å²) in [4.78, 5) is 0. The van der Waals surface area contributed by atoms with Gasteiger partial charge >= 0.3 is 0 Å². The van der Waals surface area contributed by atoms with E-state index in [2.05, 4.69) is 0 Å². The van der Waals surface area contributed by atoms with Gasteiger partial charge in [0.15, 0.2) is 0 Å². The van der Waals surface area contributed by atoms with Gasteiger partial charge < -0.3 is 19.0 Å². The topological polar surface area (TPSA) is 51.8 Å². The first-order valence-electron chi connectivity index (χ1n) is 6.26. The molecular formula is C15H16O4. The first kappa shape index (κ1) is 12.1. The minimum Gasteiger partial charge on any atom is -0.496 e. The maximum Gasteiger partial charge on any atom is 0.125 e. The number of hydrogen-bond donors (Lipinski definition) is 1. The van der Waals surface area contributed by atoms with E-state index in [1.165, 1.54) is 12.5 Å². The van der Waals surface area contributed by atoms with Crippen LogP contribution in [-0.4, -0.2) is 18.3 Å². The molecule has 0 fully saturated rings. The summed E-state index contributed by atoms with van der Waals surface area (Å²) in [5.74, 6) is 1.50. The van der Waals surface area contributed by atoms with Crippen molar-refractivity contribution in [3.05, 3.63) is 47.4 Å². The number of fused-ring (bicyclic) bond motifs is 1. The number of hydrogen-bond acceptors (Lipinski definition) is 4. The van der Waals surface area contributed by atoms with E-state index in [0.29, 0.717) is 16.9 Å². The third-order valence-electron chi connectivity index (χ3n) is 3.40. The maximum absolute atomic E-state index is 10.4. The van der Waals surface area contributed by atoms with Gasteiger partial charge in [0, 0.05) is 23.1 Å². The molecule has 0 saturated heterocycles. The predicted molar refractivity (Wildman–Crippen MR) is 69.6 cm³/mol. The van der Waals surface area contributed by atoms with Crippen molar-refractivity contribution in [1.29, 1.82) is 0 Å². The van der Waals surface area contributed by atoms with Crippen molar-refractivity contribution in [3.8, 4) is 11.5 Å². The van der Waals surface area contributed by atoms with Gasteiger partial charge in [0.2, 0.25) is 0 Å². The summed E-state index contributed by atoms with van der Waals surface area (Å²) in [6.07, 6.45) is 3.32. The van der Waals surface area contributed by atoms with Crippen molar-refractivity contribution in [2.24, 2.45) is 0 Å². The van der Waals surface area contributed by atoms with E-state index in [9.17, 15) is 5.11 Å². The highest BCUT2D eigenvalue weighted by atomic mass is 16.5. The lowest BCUT2D eigenvalue weighted by Gasteiger charge is -2.15. The molecule has 19 heavy (non-hydrogen) atoms. The second-order valence-corrected chi connectivity index (χ2v) is 4.79. The Morgan fingerprint density at radius 3 is 2.95 bits per heavy atom. The largest absolute Gasteiger partial charge is 0.496 e. The number of furan rings is 1. The lowest BCUT2D eigenvalue weighted by atomic mass is 10.00. The quantitative estimate of drug-likeness (QED) is 0.921. The van der Waals surface area contributed by atoms with Crippen molar-refractivity contribution in [2.45, 2.75) is 25.6 Å². The van der Waals surface area contributed by atoms with Crippen LogP contribution in [0.25, 0.3) is 0 Å².